The van der Waals surface area contributed by atoms with E-state index in [0.29, 0.717) is 11.7 Å². The molecule has 0 aliphatic heterocycles. The van der Waals surface area contributed by atoms with Crippen LogP contribution in [-0.4, -0.2) is 10.8 Å². The molecule has 0 saturated heterocycles. The first-order chi connectivity index (χ1) is 10.1. The molecule has 0 aromatic carbocycles. The molecule has 1 unspecified atom stereocenters. The van der Waals surface area contributed by atoms with Crippen molar-refractivity contribution >= 4 is 5.78 Å². The lowest BCUT2D eigenvalue weighted by molar-refractivity contribution is -0.131. The van der Waals surface area contributed by atoms with Gasteiger partial charge in [-0.3, -0.25) is 9.78 Å². The third-order valence-corrected chi connectivity index (χ3v) is 5.39. The number of ketones is 1. The summed E-state index contributed by atoms with van der Waals surface area (Å²) in [4.78, 5) is 18.0. The Labute approximate surface area is 128 Å². The molecular weight excluding hydrogens is 258 g/mol. The number of nitrogens with zero attached hydrogens (tertiary/aromatic N) is 1. The van der Waals surface area contributed by atoms with Crippen LogP contribution in [0.5, 0.6) is 0 Å². The van der Waals surface area contributed by atoms with Crippen LogP contribution >= 0.6 is 0 Å². The lowest BCUT2D eigenvalue weighted by Crippen LogP contribution is -2.36. The summed E-state index contributed by atoms with van der Waals surface area (Å²) in [7, 11) is 0. The van der Waals surface area contributed by atoms with Gasteiger partial charge in [0.25, 0.3) is 0 Å². The van der Waals surface area contributed by atoms with E-state index in [1.54, 1.807) is 0 Å². The number of hydrogen-bond donors (Lipinski definition) is 0. The van der Waals surface area contributed by atoms with Crippen LogP contribution in [0.25, 0.3) is 0 Å². The third kappa shape index (κ3) is 2.77. The Morgan fingerprint density at radius 1 is 1.33 bits per heavy atom. The molecule has 0 amide bonds. The van der Waals surface area contributed by atoms with Crippen molar-refractivity contribution in [2.75, 3.05) is 0 Å². The zero-order valence-electron chi connectivity index (χ0n) is 13.4. The molecule has 114 valence electrons. The van der Waals surface area contributed by atoms with Gasteiger partial charge in [-0.05, 0) is 56.1 Å². The van der Waals surface area contributed by atoms with Gasteiger partial charge in [0, 0.05) is 11.6 Å². The van der Waals surface area contributed by atoms with E-state index >= 15 is 0 Å². The van der Waals surface area contributed by atoms with Crippen LogP contribution in [0.15, 0.2) is 18.3 Å². The van der Waals surface area contributed by atoms with Crippen molar-refractivity contribution in [3.63, 3.8) is 0 Å². The monoisotopic (exact) mass is 285 g/mol. The molecule has 1 aromatic heterocycles. The molecule has 3 rings (SSSR count). The van der Waals surface area contributed by atoms with E-state index in [-0.39, 0.29) is 11.3 Å². The molecule has 1 aromatic rings. The SMILES string of the molecule is CC(C)CC1(C(=O)C2CCCc3cccnc32)CCCC1. The van der Waals surface area contributed by atoms with Gasteiger partial charge in [-0.15, -0.1) is 0 Å². The molecule has 1 fully saturated rings. The Kier molecular flexibility index (Phi) is 4.14. The zero-order valence-corrected chi connectivity index (χ0v) is 13.4. The van der Waals surface area contributed by atoms with E-state index in [1.807, 2.05) is 12.3 Å². The van der Waals surface area contributed by atoms with E-state index in [0.717, 1.165) is 44.2 Å². The van der Waals surface area contributed by atoms with Crippen molar-refractivity contribution < 1.29 is 4.79 Å². The molecule has 2 heteroatoms. The van der Waals surface area contributed by atoms with Crippen molar-refractivity contribution in [2.24, 2.45) is 11.3 Å². The summed E-state index contributed by atoms with van der Waals surface area (Å²) < 4.78 is 0. The van der Waals surface area contributed by atoms with Gasteiger partial charge >= 0.3 is 0 Å². The number of Topliss-reactive ketones (excluding diaryl/α,β-unsaturated/α-hetero) is 1. The number of rotatable bonds is 4. The number of hydrogen-bond acceptors (Lipinski definition) is 2. The van der Waals surface area contributed by atoms with Crippen LogP contribution in [0.4, 0.5) is 0 Å². The molecule has 2 aliphatic rings. The van der Waals surface area contributed by atoms with E-state index < -0.39 is 0 Å². The average Bonchev–Trinajstić information content (AvgIpc) is 2.95. The Hall–Kier alpha value is -1.18. The van der Waals surface area contributed by atoms with Crippen LogP contribution in [0, 0.1) is 11.3 Å². The number of pyridine rings is 1. The minimum absolute atomic E-state index is 0.0506. The molecule has 2 aliphatic carbocycles. The number of aromatic nitrogens is 1. The van der Waals surface area contributed by atoms with Crippen LogP contribution in [-0.2, 0) is 11.2 Å². The fraction of sp³-hybridized carbons (Fsp3) is 0.684. The van der Waals surface area contributed by atoms with Crippen molar-refractivity contribution in [1.29, 1.82) is 0 Å². The largest absolute Gasteiger partial charge is 0.298 e. The Morgan fingerprint density at radius 2 is 2.10 bits per heavy atom. The summed E-state index contributed by atoms with van der Waals surface area (Å²) in [6.45, 7) is 4.50. The minimum atomic E-state index is -0.0506. The van der Waals surface area contributed by atoms with Crippen molar-refractivity contribution in [2.45, 2.75) is 71.1 Å². The van der Waals surface area contributed by atoms with Crippen LogP contribution < -0.4 is 0 Å². The highest BCUT2D eigenvalue weighted by Crippen LogP contribution is 2.48. The smallest absolute Gasteiger partial charge is 0.148 e. The molecule has 1 saturated carbocycles. The second kappa shape index (κ2) is 5.90. The highest BCUT2D eigenvalue weighted by atomic mass is 16.1. The maximum absolute atomic E-state index is 13.4. The summed E-state index contributed by atoms with van der Waals surface area (Å²) >= 11 is 0. The zero-order chi connectivity index (χ0) is 14.9. The quantitative estimate of drug-likeness (QED) is 0.804. The standard InChI is InChI=1S/C19H27NO/c1-14(2)13-19(10-3-4-11-19)18(21)16-9-5-7-15-8-6-12-20-17(15)16/h6,8,12,14,16H,3-5,7,9-11,13H2,1-2H3. The maximum atomic E-state index is 13.4. The highest BCUT2D eigenvalue weighted by molar-refractivity contribution is 5.91. The first-order valence-electron chi connectivity index (χ1n) is 8.60. The van der Waals surface area contributed by atoms with Gasteiger partial charge in [0.1, 0.15) is 5.78 Å². The van der Waals surface area contributed by atoms with Crippen LogP contribution in [0.1, 0.15) is 76.0 Å². The van der Waals surface area contributed by atoms with Gasteiger partial charge in [-0.2, -0.15) is 0 Å². The summed E-state index contributed by atoms with van der Waals surface area (Å²) in [5, 5.41) is 0. The Balaban J connectivity index is 1.91. The van der Waals surface area contributed by atoms with E-state index in [4.69, 9.17) is 0 Å². The number of aryl methyl sites for hydroxylation is 1. The fourth-order valence-electron chi connectivity index (χ4n) is 4.62. The predicted octanol–water partition coefficient (Wildman–Crippen LogP) is 4.68. The van der Waals surface area contributed by atoms with Gasteiger partial charge in [0.05, 0.1) is 11.6 Å². The van der Waals surface area contributed by atoms with E-state index in [1.165, 1.54) is 18.4 Å². The highest BCUT2D eigenvalue weighted by Gasteiger charge is 2.45. The van der Waals surface area contributed by atoms with Gasteiger partial charge in [-0.1, -0.05) is 32.8 Å². The molecule has 0 radical (unpaired) electrons. The normalized spacial score (nSPS) is 24.0. The lowest BCUT2D eigenvalue weighted by Gasteiger charge is -2.35. The summed E-state index contributed by atoms with van der Waals surface area (Å²) in [5.74, 6) is 1.17. The molecule has 0 spiro atoms. The Morgan fingerprint density at radius 3 is 2.81 bits per heavy atom. The predicted molar refractivity (Wildman–Crippen MR) is 85.3 cm³/mol. The van der Waals surface area contributed by atoms with Crippen molar-refractivity contribution in [3.05, 3.63) is 29.6 Å². The minimum Gasteiger partial charge on any atom is -0.298 e. The Bertz CT molecular complexity index is 514. The van der Waals surface area contributed by atoms with Crippen molar-refractivity contribution in [1.82, 2.24) is 4.98 Å². The third-order valence-electron chi connectivity index (χ3n) is 5.39. The molecular formula is C19H27NO. The van der Waals surface area contributed by atoms with E-state index in [2.05, 4.69) is 24.9 Å². The summed E-state index contributed by atoms with van der Waals surface area (Å²) in [6.07, 6.45) is 10.8. The van der Waals surface area contributed by atoms with Gasteiger partial charge < -0.3 is 0 Å². The van der Waals surface area contributed by atoms with Gasteiger partial charge in [-0.25, -0.2) is 0 Å². The molecule has 0 bridgehead atoms. The van der Waals surface area contributed by atoms with E-state index in [9.17, 15) is 4.79 Å². The molecule has 1 atom stereocenters. The van der Waals surface area contributed by atoms with Gasteiger partial charge in [0.2, 0.25) is 0 Å². The molecule has 0 N–H and O–H groups in total. The molecule has 2 nitrogen and oxygen atoms in total. The maximum Gasteiger partial charge on any atom is 0.148 e. The molecule has 21 heavy (non-hydrogen) atoms. The van der Waals surface area contributed by atoms with Crippen LogP contribution in [0.2, 0.25) is 0 Å². The number of fused-ring (bicyclic) bond motifs is 1. The second-order valence-corrected chi connectivity index (χ2v) is 7.44. The first-order valence-corrected chi connectivity index (χ1v) is 8.60. The summed E-state index contributed by atoms with van der Waals surface area (Å²) in [6, 6.07) is 4.16. The second-order valence-electron chi connectivity index (χ2n) is 7.44. The van der Waals surface area contributed by atoms with Gasteiger partial charge in [0.15, 0.2) is 0 Å². The topological polar surface area (TPSA) is 30.0 Å². The fourth-order valence-corrected chi connectivity index (χ4v) is 4.62. The summed E-state index contributed by atoms with van der Waals surface area (Å²) in [5.41, 5.74) is 2.34. The van der Waals surface area contributed by atoms with Crippen molar-refractivity contribution in [3.8, 4) is 0 Å². The number of carbonyl (C=O) groups is 1. The number of carbonyl (C=O) groups excluding carboxylic acids is 1. The first kappa shape index (κ1) is 14.7. The lowest BCUT2D eigenvalue weighted by atomic mass is 9.68. The van der Waals surface area contributed by atoms with Crippen LogP contribution in [0.3, 0.4) is 0 Å². The molecule has 1 heterocycles. The average molecular weight is 285 g/mol.